The molecule has 0 spiro atoms. The number of nitrogens with one attached hydrogen (secondary N) is 1. The van der Waals surface area contributed by atoms with Gasteiger partial charge in [0.2, 0.25) is 0 Å². The highest BCUT2D eigenvalue weighted by atomic mass is 16.5. The smallest absolute Gasteiger partial charge is 0.251 e. The fraction of sp³-hybridized carbons (Fsp3) is 0.350. The van der Waals surface area contributed by atoms with Gasteiger partial charge in [-0.2, -0.15) is 0 Å². The molecule has 2 aromatic rings. The molecule has 0 saturated carbocycles. The molecule has 0 aromatic heterocycles. The summed E-state index contributed by atoms with van der Waals surface area (Å²) < 4.78 is 6.28. The van der Waals surface area contributed by atoms with Gasteiger partial charge in [-0.1, -0.05) is 50.2 Å². The second-order valence-electron chi connectivity index (χ2n) is 6.13. The molecule has 0 radical (unpaired) electrons. The van der Waals surface area contributed by atoms with Crippen LogP contribution in [-0.4, -0.2) is 11.5 Å². The molecule has 3 nitrogen and oxygen atoms in total. The lowest BCUT2D eigenvalue weighted by atomic mass is 9.83. The first-order valence-corrected chi connectivity index (χ1v) is 8.31. The Morgan fingerprint density at radius 1 is 1.09 bits per heavy atom. The van der Waals surface area contributed by atoms with Gasteiger partial charge in [0.05, 0.1) is 6.04 Å². The molecule has 1 amide bonds. The number of rotatable bonds is 4. The number of benzene rings is 2. The van der Waals surface area contributed by atoms with E-state index >= 15 is 0 Å². The van der Waals surface area contributed by atoms with Crippen molar-refractivity contribution in [1.82, 2.24) is 5.32 Å². The van der Waals surface area contributed by atoms with E-state index in [0.29, 0.717) is 5.56 Å². The highest BCUT2D eigenvalue weighted by Gasteiger charge is 2.38. The first-order valence-electron chi connectivity index (χ1n) is 8.31. The highest BCUT2D eigenvalue weighted by Crippen LogP contribution is 2.42. The quantitative estimate of drug-likeness (QED) is 0.903. The van der Waals surface area contributed by atoms with Crippen LogP contribution in [0, 0.1) is 0 Å². The van der Waals surface area contributed by atoms with Crippen LogP contribution in [0.1, 0.15) is 55.1 Å². The van der Waals surface area contributed by atoms with Gasteiger partial charge >= 0.3 is 0 Å². The first-order chi connectivity index (χ1) is 11.2. The van der Waals surface area contributed by atoms with Gasteiger partial charge < -0.3 is 10.1 Å². The van der Waals surface area contributed by atoms with Crippen molar-refractivity contribution in [2.75, 3.05) is 0 Å². The first kappa shape index (κ1) is 15.6. The summed E-state index contributed by atoms with van der Waals surface area (Å²) in [6.07, 6.45) is 2.65. The summed E-state index contributed by atoms with van der Waals surface area (Å²) in [5.41, 5.74) is 1.55. The van der Waals surface area contributed by atoms with Crippen LogP contribution >= 0.6 is 0 Å². The molecule has 0 aliphatic carbocycles. The molecular weight excluding hydrogens is 286 g/mol. The van der Waals surface area contributed by atoms with E-state index in [1.807, 2.05) is 54.6 Å². The lowest BCUT2D eigenvalue weighted by Gasteiger charge is -2.41. The van der Waals surface area contributed by atoms with Crippen LogP contribution in [0.4, 0.5) is 0 Å². The number of hydrogen-bond acceptors (Lipinski definition) is 2. The third-order valence-electron chi connectivity index (χ3n) is 4.83. The molecule has 0 saturated heterocycles. The summed E-state index contributed by atoms with van der Waals surface area (Å²) in [7, 11) is 0. The molecule has 1 atom stereocenters. The van der Waals surface area contributed by atoms with Crippen LogP contribution in [0.15, 0.2) is 54.6 Å². The molecule has 0 unspecified atom stereocenters. The van der Waals surface area contributed by atoms with Crippen LogP contribution in [0.5, 0.6) is 5.75 Å². The summed E-state index contributed by atoms with van der Waals surface area (Å²) in [5.74, 6) is 0.856. The zero-order valence-corrected chi connectivity index (χ0v) is 13.7. The maximum absolute atomic E-state index is 12.6. The number of para-hydroxylation sites is 1. The number of carbonyl (C=O) groups is 1. The van der Waals surface area contributed by atoms with E-state index in [1.165, 1.54) is 0 Å². The van der Waals surface area contributed by atoms with Gasteiger partial charge in [0, 0.05) is 17.5 Å². The topological polar surface area (TPSA) is 38.3 Å². The van der Waals surface area contributed by atoms with Crippen molar-refractivity contribution < 1.29 is 9.53 Å². The molecule has 1 aliphatic rings. The number of fused-ring (bicyclic) bond motifs is 1. The van der Waals surface area contributed by atoms with Gasteiger partial charge in [-0.25, -0.2) is 0 Å². The summed E-state index contributed by atoms with van der Waals surface area (Å²) in [6, 6.07) is 17.4. The Balaban J connectivity index is 1.89. The average Bonchev–Trinajstić information content (AvgIpc) is 2.62. The minimum absolute atomic E-state index is 0.0208. The predicted molar refractivity (Wildman–Crippen MR) is 91.6 cm³/mol. The minimum atomic E-state index is -0.205. The molecule has 120 valence electrons. The minimum Gasteiger partial charge on any atom is -0.487 e. The summed E-state index contributed by atoms with van der Waals surface area (Å²) in [5, 5.41) is 3.20. The Morgan fingerprint density at radius 3 is 2.43 bits per heavy atom. The molecule has 1 aliphatic heterocycles. The normalized spacial score (nSPS) is 18.6. The lowest BCUT2D eigenvalue weighted by molar-refractivity contribution is 0.0227. The Morgan fingerprint density at radius 2 is 1.74 bits per heavy atom. The zero-order valence-electron chi connectivity index (χ0n) is 13.7. The number of ether oxygens (including phenoxy) is 1. The van der Waals surface area contributed by atoms with Gasteiger partial charge in [0.1, 0.15) is 11.4 Å². The maximum atomic E-state index is 12.6. The molecule has 23 heavy (non-hydrogen) atoms. The number of hydrogen-bond donors (Lipinski definition) is 1. The van der Waals surface area contributed by atoms with E-state index in [0.717, 1.165) is 30.6 Å². The molecule has 0 bridgehead atoms. The van der Waals surface area contributed by atoms with Gasteiger partial charge in [-0.05, 0) is 31.0 Å². The molecular formula is C20H23NO2. The Kier molecular flexibility index (Phi) is 4.37. The van der Waals surface area contributed by atoms with Crippen LogP contribution in [0.25, 0.3) is 0 Å². The highest BCUT2D eigenvalue weighted by molar-refractivity contribution is 5.94. The van der Waals surface area contributed by atoms with Crippen molar-refractivity contribution in [3.8, 4) is 5.75 Å². The fourth-order valence-corrected chi connectivity index (χ4v) is 3.26. The van der Waals surface area contributed by atoms with Gasteiger partial charge in [0.15, 0.2) is 0 Å². The predicted octanol–water partition coefficient (Wildman–Crippen LogP) is 4.50. The third kappa shape index (κ3) is 3.09. The SMILES string of the molecule is CCC1(CC)C[C@@H](NC(=O)c2ccccc2)c2ccccc2O1. The van der Waals surface area contributed by atoms with Crippen LogP contribution in [0.2, 0.25) is 0 Å². The van der Waals surface area contributed by atoms with E-state index in [4.69, 9.17) is 4.74 Å². The van der Waals surface area contributed by atoms with Crippen molar-refractivity contribution >= 4 is 5.91 Å². The van der Waals surface area contributed by atoms with Crippen molar-refractivity contribution in [1.29, 1.82) is 0 Å². The molecule has 1 heterocycles. The van der Waals surface area contributed by atoms with E-state index < -0.39 is 0 Å². The van der Waals surface area contributed by atoms with Crippen molar-refractivity contribution in [2.24, 2.45) is 0 Å². The second kappa shape index (κ2) is 6.45. The van der Waals surface area contributed by atoms with Crippen LogP contribution in [0.3, 0.4) is 0 Å². The summed E-state index contributed by atoms with van der Waals surface area (Å²) >= 11 is 0. The van der Waals surface area contributed by atoms with E-state index in [-0.39, 0.29) is 17.6 Å². The summed E-state index contributed by atoms with van der Waals surface area (Å²) in [4.78, 5) is 12.6. The average molecular weight is 309 g/mol. The van der Waals surface area contributed by atoms with Gasteiger partial charge in [-0.3, -0.25) is 4.79 Å². The maximum Gasteiger partial charge on any atom is 0.251 e. The van der Waals surface area contributed by atoms with Crippen molar-refractivity contribution in [2.45, 2.75) is 44.8 Å². The van der Waals surface area contributed by atoms with Gasteiger partial charge in [-0.15, -0.1) is 0 Å². The standard InChI is InChI=1S/C20H23NO2/c1-3-20(4-2)14-17(16-12-8-9-13-18(16)23-20)21-19(22)15-10-6-5-7-11-15/h5-13,17H,3-4,14H2,1-2H3,(H,21,22)/t17-/m1/s1. The molecule has 3 heteroatoms. The Hall–Kier alpha value is -2.29. The number of amides is 1. The number of carbonyl (C=O) groups excluding carboxylic acids is 1. The Bertz CT molecular complexity index is 677. The van der Waals surface area contributed by atoms with Crippen LogP contribution in [-0.2, 0) is 0 Å². The van der Waals surface area contributed by atoms with Gasteiger partial charge in [0.25, 0.3) is 5.91 Å². The summed E-state index contributed by atoms with van der Waals surface area (Å²) in [6.45, 7) is 4.29. The fourth-order valence-electron chi connectivity index (χ4n) is 3.26. The van der Waals surface area contributed by atoms with Crippen molar-refractivity contribution in [3.63, 3.8) is 0 Å². The molecule has 2 aromatic carbocycles. The Labute approximate surface area is 137 Å². The molecule has 0 fully saturated rings. The van der Waals surface area contributed by atoms with E-state index in [1.54, 1.807) is 0 Å². The lowest BCUT2D eigenvalue weighted by Crippen LogP contribution is -2.44. The molecule has 3 rings (SSSR count). The van der Waals surface area contributed by atoms with Crippen molar-refractivity contribution in [3.05, 3.63) is 65.7 Å². The zero-order chi connectivity index (χ0) is 16.3. The van der Waals surface area contributed by atoms with E-state index in [2.05, 4.69) is 19.2 Å². The monoisotopic (exact) mass is 309 g/mol. The third-order valence-corrected chi connectivity index (χ3v) is 4.83. The molecule has 1 N–H and O–H groups in total. The largest absolute Gasteiger partial charge is 0.487 e. The van der Waals surface area contributed by atoms with Crippen LogP contribution < -0.4 is 10.1 Å². The second-order valence-corrected chi connectivity index (χ2v) is 6.13. The van der Waals surface area contributed by atoms with E-state index in [9.17, 15) is 4.79 Å².